The maximum Gasteiger partial charge on any atom is 0.409 e. The molecule has 1 aromatic carbocycles. The molecule has 1 aromatic rings. The highest BCUT2D eigenvalue weighted by molar-refractivity contribution is 6.34. The lowest BCUT2D eigenvalue weighted by Gasteiger charge is -2.41. The third kappa shape index (κ3) is 7.68. The van der Waals surface area contributed by atoms with E-state index in [1.165, 1.54) is 16.8 Å². The van der Waals surface area contributed by atoms with Gasteiger partial charge in [0.1, 0.15) is 29.6 Å². The summed E-state index contributed by atoms with van der Waals surface area (Å²) in [6.07, 6.45) is 3.15. The second kappa shape index (κ2) is 14.0. The fraction of sp³-hybridized carbons (Fsp3) is 0.600. The zero-order chi connectivity index (χ0) is 35.0. The topological polar surface area (TPSA) is 138 Å². The molecule has 0 saturated carbocycles. The van der Waals surface area contributed by atoms with Crippen molar-refractivity contribution in [2.75, 3.05) is 19.0 Å². The lowest BCUT2D eigenvalue weighted by molar-refractivity contribution is -0.161. The van der Waals surface area contributed by atoms with E-state index < -0.39 is 59.6 Å². The smallest absolute Gasteiger partial charge is 0.409 e. The molecule has 2 fully saturated rings. The summed E-state index contributed by atoms with van der Waals surface area (Å²) in [5, 5.41) is 14.6. The number of carbonyl (C=O) groups is 4. The highest BCUT2D eigenvalue weighted by Crippen LogP contribution is 2.49. The number of nitrogens with zero attached hydrogens (tertiary/aromatic N) is 2. The van der Waals surface area contributed by atoms with Gasteiger partial charge in [-0.05, 0) is 51.3 Å². The number of alkyl carbamates (subject to hydrolysis) is 1. The summed E-state index contributed by atoms with van der Waals surface area (Å²) in [5.74, 6) is -2.18. The van der Waals surface area contributed by atoms with Crippen LogP contribution in [0.5, 0.6) is 0 Å². The highest BCUT2D eigenvalue weighted by Gasteiger charge is 2.64. The minimum Gasteiger partial charge on any atom is -0.457 e. The highest BCUT2D eigenvalue weighted by atomic mass is 35.5. The molecule has 11 nitrogen and oxygen atoms in total. The standard InChI is InChI=1S/C35H48ClN3O8/c1-10-28(40)38(8)23(6)32(42)46-27-17-29(41)39(9)25-16-24(15-20(3)30(25)36)14-19(2)12-11-13-21(4)35(44)18-26(45-33(43)37-35)22(5)31-34(27,7)47-31/h11-13,15-16,21-23,26-27,31,44H,10,14,17-18H2,1-9H3,(H,37,43)/b13-11+,19-12+. The van der Waals surface area contributed by atoms with Crippen LogP contribution in [0.15, 0.2) is 35.9 Å². The lowest BCUT2D eigenvalue weighted by atomic mass is 9.82. The van der Waals surface area contributed by atoms with Gasteiger partial charge in [-0.25, -0.2) is 9.59 Å². The normalized spacial score (nSPS) is 33.7. The van der Waals surface area contributed by atoms with Crippen LogP contribution in [0.2, 0.25) is 5.02 Å². The van der Waals surface area contributed by atoms with Crippen molar-refractivity contribution in [2.45, 2.75) is 110 Å². The van der Waals surface area contributed by atoms with Crippen molar-refractivity contribution in [3.63, 3.8) is 0 Å². The van der Waals surface area contributed by atoms with E-state index in [-0.39, 0.29) is 31.1 Å². The Hall–Kier alpha value is -3.41. The number of likely N-dealkylation sites (N-methyl/N-ethyl adjacent to an activating group) is 1. The number of esters is 1. The first-order valence-electron chi connectivity index (χ1n) is 16.2. The molecule has 8 atom stereocenters. The van der Waals surface area contributed by atoms with Crippen molar-refractivity contribution in [3.8, 4) is 0 Å². The van der Waals surface area contributed by atoms with E-state index in [0.29, 0.717) is 17.1 Å². The molecule has 0 aromatic heterocycles. The van der Waals surface area contributed by atoms with Gasteiger partial charge in [-0.1, -0.05) is 62.2 Å². The number of hydrogen-bond donors (Lipinski definition) is 2. The molecule has 3 amide bonds. The second-order valence-electron chi connectivity index (χ2n) is 13.5. The largest absolute Gasteiger partial charge is 0.457 e. The van der Waals surface area contributed by atoms with E-state index in [2.05, 4.69) is 5.32 Å². The predicted octanol–water partition coefficient (Wildman–Crippen LogP) is 4.85. The van der Waals surface area contributed by atoms with E-state index in [1.54, 1.807) is 27.8 Å². The SMILES string of the molecule is CCC(=O)N(C)C(C)C(=O)OC1CC(=O)N(C)c2cc(cc(C)c2Cl)C/C(C)=C/C=C/C(C)C2(O)CC(OC(=O)N2)C(C)C2OC12C. The Morgan fingerprint density at radius 1 is 1.26 bits per heavy atom. The monoisotopic (exact) mass is 673 g/mol. The molecule has 3 aliphatic rings. The molecule has 47 heavy (non-hydrogen) atoms. The van der Waals surface area contributed by atoms with Crippen molar-refractivity contribution in [3.05, 3.63) is 52.1 Å². The molecule has 0 radical (unpaired) electrons. The zero-order valence-electron chi connectivity index (χ0n) is 28.8. The molecule has 3 heterocycles. The van der Waals surface area contributed by atoms with Crippen LogP contribution in [-0.4, -0.2) is 83.7 Å². The van der Waals surface area contributed by atoms with Crippen LogP contribution in [0.25, 0.3) is 0 Å². The van der Waals surface area contributed by atoms with E-state index in [0.717, 1.165) is 16.7 Å². The number of amides is 3. The maximum absolute atomic E-state index is 13.9. The summed E-state index contributed by atoms with van der Waals surface area (Å²) in [6, 6.07) is 2.94. The first-order valence-corrected chi connectivity index (χ1v) is 16.5. The second-order valence-corrected chi connectivity index (χ2v) is 13.9. The van der Waals surface area contributed by atoms with E-state index in [9.17, 15) is 24.3 Å². The van der Waals surface area contributed by atoms with Crippen LogP contribution >= 0.6 is 11.6 Å². The Bertz CT molecular complexity index is 1480. The van der Waals surface area contributed by atoms with Gasteiger partial charge in [0.15, 0.2) is 0 Å². The molecular weight excluding hydrogens is 626 g/mol. The van der Waals surface area contributed by atoms with Crippen LogP contribution in [0.1, 0.15) is 71.9 Å². The van der Waals surface area contributed by atoms with E-state index in [1.807, 2.05) is 58.1 Å². The summed E-state index contributed by atoms with van der Waals surface area (Å²) in [4.78, 5) is 55.2. The molecule has 3 aliphatic heterocycles. The van der Waals surface area contributed by atoms with Gasteiger partial charge in [-0.2, -0.15) is 0 Å². The van der Waals surface area contributed by atoms with Crippen molar-refractivity contribution in [1.29, 1.82) is 0 Å². The van der Waals surface area contributed by atoms with Gasteiger partial charge < -0.3 is 29.1 Å². The molecule has 0 spiro atoms. The molecular formula is C35H48ClN3O8. The van der Waals surface area contributed by atoms with E-state index in [4.69, 9.17) is 25.8 Å². The van der Waals surface area contributed by atoms with Gasteiger partial charge in [0.2, 0.25) is 11.8 Å². The summed E-state index contributed by atoms with van der Waals surface area (Å²) in [7, 11) is 3.16. The number of aliphatic hydroxyl groups is 1. The summed E-state index contributed by atoms with van der Waals surface area (Å²) >= 11 is 6.73. The lowest BCUT2D eigenvalue weighted by Crippen LogP contribution is -2.60. The third-order valence-corrected chi connectivity index (χ3v) is 10.5. The Labute approximate surface area is 282 Å². The van der Waals surface area contributed by atoms with Crippen molar-refractivity contribution < 1.29 is 38.5 Å². The third-order valence-electron chi connectivity index (χ3n) is 9.96. The molecule has 2 saturated heterocycles. The van der Waals surface area contributed by atoms with Gasteiger partial charge in [0, 0.05) is 38.8 Å². The number of allylic oxidation sites excluding steroid dienone is 3. The van der Waals surface area contributed by atoms with Crippen molar-refractivity contribution >= 4 is 41.2 Å². The number of benzene rings is 1. The number of rotatable bonds is 4. The number of halogens is 1. The fourth-order valence-corrected chi connectivity index (χ4v) is 6.65. The van der Waals surface area contributed by atoms with Crippen LogP contribution in [-0.2, 0) is 35.0 Å². The molecule has 0 aliphatic carbocycles. The van der Waals surface area contributed by atoms with Gasteiger partial charge >= 0.3 is 12.1 Å². The minimum atomic E-state index is -1.58. The number of aryl methyl sites for hydroxylation is 1. The quantitative estimate of drug-likeness (QED) is 0.342. The number of epoxide rings is 1. The van der Waals surface area contributed by atoms with Crippen LogP contribution in [0.3, 0.4) is 0 Å². The van der Waals surface area contributed by atoms with Gasteiger partial charge in [-0.15, -0.1) is 0 Å². The number of carbonyl (C=O) groups excluding carboxylic acids is 4. The Morgan fingerprint density at radius 2 is 1.94 bits per heavy atom. The predicted molar refractivity (Wildman–Crippen MR) is 178 cm³/mol. The zero-order valence-corrected chi connectivity index (χ0v) is 29.5. The molecule has 2 N–H and O–H groups in total. The average Bonchev–Trinajstić information content (AvgIpc) is 3.71. The molecule has 8 unspecified atom stereocenters. The van der Waals surface area contributed by atoms with Crippen molar-refractivity contribution in [2.24, 2.45) is 11.8 Å². The molecule has 4 rings (SSSR count). The molecule has 12 heteroatoms. The molecule has 4 bridgehead atoms. The summed E-state index contributed by atoms with van der Waals surface area (Å²) in [6.45, 7) is 12.5. The van der Waals surface area contributed by atoms with Crippen LogP contribution < -0.4 is 10.2 Å². The first kappa shape index (κ1) is 36.4. The van der Waals surface area contributed by atoms with Crippen molar-refractivity contribution in [1.82, 2.24) is 10.2 Å². The summed E-state index contributed by atoms with van der Waals surface area (Å²) < 4.78 is 17.9. The average molecular weight is 674 g/mol. The molecule has 258 valence electrons. The number of hydrogen-bond acceptors (Lipinski definition) is 8. The number of ether oxygens (including phenoxy) is 3. The number of fused-ring (bicyclic) bond motifs is 5. The first-order chi connectivity index (χ1) is 21.9. The number of anilines is 1. The Balaban J connectivity index is 1.76. The van der Waals surface area contributed by atoms with Gasteiger partial charge in [0.05, 0.1) is 23.2 Å². The Kier molecular flexibility index (Phi) is 10.8. The Morgan fingerprint density at radius 3 is 2.60 bits per heavy atom. The maximum atomic E-state index is 13.9. The van der Waals surface area contributed by atoms with Gasteiger partial charge in [0.25, 0.3) is 0 Å². The summed E-state index contributed by atoms with van der Waals surface area (Å²) in [5.41, 5.74) is 0.581. The van der Waals surface area contributed by atoms with E-state index >= 15 is 0 Å². The van der Waals surface area contributed by atoms with Crippen LogP contribution in [0, 0.1) is 18.8 Å². The van der Waals surface area contributed by atoms with Crippen LogP contribution in [0.4, 0.5) is 10.5 Å². The number of nitrogens with one attached hydrogen (secondary N) is 1. The van der Waals surface area contributed by atoms with Gasteiger partial charge in [-0.3, -0.25) is 14.9 Å². The fourth-order valence-electron chi connectivity index (χ4n) is 6.41. The minimum absolute atomic E-state index is 0.0841.